The van der Waals surface area contributed by atoms with Crippen LogP contribution in [0, 0.1) is 5.41 Å². The fraction of sp³-hybridized carbons (Fsp3) is 0.824. The van der Waals surface area contributed by atoms with Gasteiger partial charge in [0.15, 0.2) is 0 Å². The molecule has 1 aliphatic heterocycles. The Balaban J connectivity index is 2.32. The normalized spacial score (nSPS) is 15.9. The average molecular weight is 295 g/mol. The highest BCUT2D eigenvalue weighted by molar-refractivity contribution is 6.02. The number of rotatable bonds is 10. The van der Waals surface area contributed by atoms with E-state index in [-0.39, 0.29) is 29.6 Å². The smallest absolute Gasteiger partial charge is 0.229 e. The SMILES string of the molecule is CCCCCCCC(C)(C)C(=O)CCN1C(=O)CCC1=O. The average Bonchev–Trinajstić information content (AvgIpc) is 2.75. The van der Waals surface area contributed by atoms with Gasteiger partial charge in [-0.2, -0.15) is 0 Å². The number of unbranched alkanes of at least 4 members (excludes halogenated alkanes) is 4. The first-order valence-corrected chi connectivity index (χ1v) is 8.25. The summed E-state index contributed by atoms with van der Waals surface area (Å²) >= 11 is 0. The number of carbonyl (C=O) groups is 3. The third kappa shape index (κ3) is 5.60. The van der Waals surface area contributed by atoms with Crippen LogP contribution in [-0.2, 0) is 14.4 Å². The maximum Gasteiger partial charge on any atom is 0.229 e. The van der Waals surface area contributed by atoms with Gasteiger partial charge < -0.3 is 0 Å². The van der Waals surface area contributed by atoms with Gasteiger partial charge in [0.25, 0.3) is 0 Å². The second-order valence-corrected chi connectivity index (χ2v) is 6.66. The summed E-state index contributed by atoms with van der Waals surface area (Å²) in [4.78, 5) is 36.6. The largest absolute Gasteiger partial charge is 0.299 e. The Morgan fingerprint density at radius 2 is 1.62 bits per heavy atom. The monoisotopic (exact) mass is 295 g/mol. The molecule has 0 aromatic heterocycles. The van der Waals surface area contributed by atoms with E-state index in [0.717, 1.165) is 12.8 Å². The molecule has 0 N–H and O–H groups in total. The predicted octanol–water partition coefficient (Wildman–Crippen LogP) is 3.48. The van der Waals surface area contributed by atoms with E-state index in [4.69, 9.17) is 0 Å². The van der Waals surface area contributed by atoms with Gasteiger partial charge in [0.2, 0.25) is 11.8 Å². The first-order valence-electron chi connectivity index (χ1n) is 8.25. The minimum Gasteiger partial charge on any atom is -0.299 e. The molecule has 0 aromatic rings. The van der Waals surface area contributed by atoms with E-state index in [2.05, 4.69) is 6.92 Å². The summed E-state index contributed by atoms with van der Waals surface area (Å²) in [6.07, 6.45) is 7.73. The molecule has 120 valence electrons. The zero-order valence-corrected chi connectivity index (χ0v) is 13.7. The third-order valence-corrected chi connectivity index (χ3v) is 4.38. The number of nitrogens with zero attached hydrogens (tertiary/aromatic N) is 1. The second-order valence-electron chi connectivity index (χ2n) is 6.66. The van der Waals surface area contributed by atoms with Crippen molar-refractivity contribution in [3.8, 4) is 0 Å². The van der Waals surface area contributed by atoms with Crippen LogP contribution in [0.15, 0.2) is 0 Å². The molecule has 0 saturated carbocycles. The van der Waals surface area contributed by atoms with Crippen LogP contribution in [0.5, 0.6) is 0 Å². The number of carbonyl (C=O) groups excluding carboxylic acids is 3. The van der Waals surface area contributed by atoms with Gasteiger partial charge >= 0.3 is 0 Å². The Morgan fingerprint density at radius 1 is 1.05 bits per heavy atom. The second kappa shape index (κ2) is 8.30. The topological polar surface area (TPSA) is 54.5 Å². The molecule has 1 aliphatic rings. The lowest BCUT2D eigenvalue weighted by Gasteiger charge is -2.24. The van der Waals surface area contributed by atoms with Gasteiger partial charge in [-0.15, -0.1) is 0 Å². The number of hydrogen-bond donors (Lipinski definition) is 0. The minimum absolute atomic E-state index is 0.134. The molecule has 1 rings (SSSR count). The zero-order valence-electron chi connectivity index (χ0n) is 13.7. The Bertz CT molecular complexity index is 371. The maximum atomic E-state index is 12.3. The van der Waals surface area contributed by atoms with Gasteiger partial charge in [-0.05, 0) is 6.42 Å². The summed E-state index contributed by atoms with van der Waals surface area (Å²) in [6, 6.07) is 0. The summed E-state index contributed by atoms with van der Waals surface area (Å²) < 4.78 is 0. The molecule has 0 aromatic carbocycles. The molecule has 2 amide bonds. The Labute approximate surface area is 128 Å². The summed E-state index contributed by atoms with van der Waals surface area (Å²) in [5, 5.41) is 0. The molecule has 4 heteroatoms. The van der Waals surface area contributed by atoms with E-state index in [0.29, 0.717) is 19.3 Å². The van der Waals surface area contributed by atoms with Crippen molar-refractivity contribution in [1.82, 2.24) is 4.90 Å². The molecular weight excluding hydrogens is 266 g/mol. The maximum absolute atomic E-state index is 12.3. The molecule has 0 aliphatic carbocycles. The van der Waals surface area contributed by atoms with Gasteiger partial charge in [-0.25, -0.2) is 0 Å². The number of hydrogen-bond acceptors (Lipinski definition) is 3. The molecule has 0 spiro atoms. The summed E-state index contributed by atoms with van der Waals surface area (Å²) in [6.45, 7) is 6.40. The molecule has 0 atom stereocenters. The van der Waals surface area contributed by atoms with Crippen molar-refractivity contribution in [3.05, 3.63) is 0 Å². The molecule has 1 heterocycles. The van der Waals surface area contributed by atoms with Crippen LogP contribution in [0.25, 0.3) is 0 Å². The highest BCUT2D eigenvalue weighted by Crippen LogP contribution is 2.27. The van der Waals surface area contributed by atoms with Crippen molar-refractivity contribution >= 4 is 17.6 Å². The van der Waals surface area contributed by atoms with Crippen LogP contribution in [0.3, 0.4) is 0 Å². The first kappa shape index (κ1) is 17.9. The zero-order chi connectivity index (χ0) is 15.9. The highest BCUT2D eigenvalue weighted by atomic mass is 16.2. The van der Waals surface area contributed by atoms with Crippen LogP contribution in [0.2, 0.25) is 0 Å². The van der Waals surface area contributed by atoms with Gasteiger partial charge in [0, 0.05) is 31.2 Å². The van der Waals surface area contributed by atoms with Crippen LogP contribution >= 0.6 is 0 Å². The molecule has 0 unspecified atom stereocenters. The predicted molar refractivity (Wildman–Crippen MR) is 82.7 cm³/mol. The van der Waals surface area contributed by atoms with E-state index in [9.17, 15) is 14.4 Å². The van der Waals surface area contributed by atoms with E-state index in [1.54, 1.807) is 0 Å². The molecule has 4 nitrogen and oxygen atoms in total. The standard InChI is InChI=1S/C17H29NO3/c1-4-5-6-7-8-12-17(2,3)14(19)11-13-18-15(20)9-10-16(18)21/h4-13H2,1-3H3. The summed E-state index contributed by atoms with van der Waals surface area (Å²) in [5.74, 6) is -0.110. The van der Waals surface area contributed by atoms with Gasteiger partial charge in [0.1, 0.15) is 5.78 Å². The van der Waals surface area contributed by atoms with Crippen LogP contribution in [0.1, 0.15) is 78.6 Å². The Kier molecular flexibility index (Phi) is 7.06. The molecule has 21 heavy (non-hydrogen) atoms. The number of likely N-dealkylation sites (tertiary alicyclic amines) is 1. The van der Waals surface area contributed by atoms with Crippen molar-refractivity contribution in [1.29, 1.82) is 0 Å². The highest BCUT2D eigenvalue weighted by Gasteiger charge is 2.31. The van der Waals surface area contributed by atoms with Crippen LogP contribution in [0.4, 0.5) is 0 Å². The van der Waals surface area contributed by atoms with Crippen LogP contribution < -0.4 is 0 Å². The van der Waals surface area contributed by atoms with Crippen molar-refractivity contribution in [2.75, 3.05) is 6.54 Å². The van der Waals surface area contributed by atoms with Crippen molar-refractivity contribution in [3.63, 3.8) is 0 Å². The van der Waals surface area contributed by atoms with Gasteiger partial charge in [-0.1, -0.05) is 52.9 Å². The lowest BCUT2D eigenvalue weighted by molar-refractivity contribution is -0.139. The summed E-state index contributed by atoms with van der Waals surface area (Å²) in [5.41, 5.74) is -0.349. The Morgan fingerprint density at radius 3 is 2.19 bits per heavy atom. The van der Waals surface area contributed by atoms with E-state index < -0.39 is 0 Å². The number of imide groups is 1. The van der Waals surface area contributed by atoms with Crippen molar-refractivity contribution in [2.24, 2.45) is 5.41 Å². The molecule has 0 bridgehead atoms. The molecule has 1 fully saturated rings. The Hall–Kier alpha value is -1.19. The first-order chi connectivity index (χ1) is 9.88. The molecule has 0 radical (unpaired) electrons. The van der Waals surface area contributed by atoms with E-state index in [1.807, 2.05) is 13.8 Å². The van der Waals surface area contributed by atoms with E-state index >= 15 is 0 Å². The third-order valence-electron chi connectivity index (χ3n) is 4.38. The summed E-state index contributed by atoms with van der Waals surface area (Å²) in [7, 11) is 0. The quantitative estimate of drug-likeness (QED) is 0.458. The lowest BCUT2D eigenvalue weighted by atomic mass is 9.81. The fourth-order valence-electron chi connectivity index (χ4n) is 2.73. The fourth-order valence-corrected chi connectivity index (χ4v) is 2.73. The van der Waals surface area contributed by atoms with Gasteiger partial charge in [-0.3, -0.25) is 19.3 Å². The molecular formula is C17H29NO3. The van der Waals surface area contributed by atoms with E-state index in [1.165, 1.54) is 30.6 Å². The van der Waals surface area contributed by atoms with Crippen molar-refractivity contribution < 1.29 is 14.4 Å². The lowest BCUT2D eigenvalue weighted by Crippen LogP contribution is -2.34. The minimum atomic E-state index is -0.349. The van der Waals surface area contributed by atoms with Crippen molar-refractivity contribution in [2.45, 2.75) is 78.6 Å². The molecule has 1 saturated heterocycles. The van der Waals surface area contributed by atoms with Crippen LogP contribution in [-0.4, -0.2) is 29.0 Å². The number of amides is 2. The van der Waals surface area contributed by atoms with Gasteiger partial charge in [0.05, 0.1) is 0 Å². The number of Topliss-reactive ketones (excluding diaryl/α,β-unsaturated/α-hetero) is 1. The number of ketones is 1.